The zero-order valence-electron chi connectivity index (χ0n) is 15.8. The van der Waals surface area contributed by atoms with Crippen molar-refractivity contribution < 1.29 is 14.6 Å². The Morgan fingerprint density at radius 3 is 2.70 bits per heavy atom. The lowest BCUT2D eigenvalue weighted by Gasteiger charge is -2.40. The molecule has 1 saturated carbocycles. The zero-order chi connectivity index (χ0) is 18.7. The molecule has 1 aliphatic carbocycles. The lowest BCUT2D eigenvalue weighted by atomic mass is 9.86. The summed E-state index contributed by atoms with van der Waals surface area (Å²) in [6.07, 6.45) is 9.51. The van der Waals surface area contributed by atoms with Crippen LogP contribution in [0.5, 0.6) is 5.75 Å². The van der Waals surface area contributed by atoms with Crippen molar-refractivity contribution in [3.05, 3.63) is 36.5 Å². The maximum Gasteiger partial charge on any atom is 0.348 e. The summed E-state index contributed by atoms with van der Waals surface area (Å²) in [7, 11) is 0. The van der Waals surface area contributed by atoms with Gasteiger partial charge in [0.1, 0.15) is 5.75 Å². The van der Waals surface area contributed by atoms with Gasteiger partial charge in [0.05, 0.1) is 5.52 Å². The van der Waals surface area contributed by atoms with E-state index >= 15 is 0 Å². The van der Waals surface area contributed by atoms with Gasteiger partial charge in [0.25, 0.3) is 0 Å². The predicted octanol–water partition coefficient (Wildman–Crippen LogP) is 4.11. The number of fused-ring (bicyclic) bond motifs is 1. The molecule has 1 saturated heterocycles. The number of piperidine rings is 1. The number of carboxylic acid groups (broad SMARTS) is 1. The first kappa shape index (κ1) is 18.2. The van der Waals surface area contributed by atoms with Gasteiger partial charge in [-0.15, -0.1) is 0 Å². The lowest BCUT2D eigenvalue weighted by molar-refractivity contribution is -0.159. The maximum absolute atomic E-state index is 12.1. The number of carbonyl (C=O) groups is 1. The number of aromatic nitrogens is 1. The van der Waals surface area contributed by atoms with Crippen molar-refractivity contribution in [2.75, 3.05) is 19.6 Å². The Morgan fingerprint density at radius 1 is 1.19 bits per heavy atom. The summed E-state index contributed by atoms with van der Waals surface area (Å²) in [5.74, 6) is 0.537. The molecule has 1 N–H and O–H groups in total. The highest BCUT2D eigenvalue weighted by Crippen LogP contribution is 2.32. The smallest absolute Gasteiger partial charge is 0.348 e. The Balaban J connectivity index is 1.43. The molecule has 0 radical (unpaired) electrons. The van der Waals surface area contributed by atoms with Crippen LogP contribution in [0, 0.1) is 5.92 Å². The highest BCUT2D eigenvalue weighted by Gasteiger charge is 2.44. The summed E-state index contributed by atoms with van der Waals surface area (Å²) in [6, 6.07) is 9.45. The van der Waals surface area contributed by atoms with E-state index in [4.69, 9.17) is 4.74 Å². The van der Waals surface area contributed by atoms with Crippen LogP contribution in [0.25, 0.3) is 10.9 Å². The highest BCUT2D eigenvalue weighted by atomic mass is 16.5. The van der Waals surface area contributed by atoms with Crippen molar-refractivity contribution in [1.29, 1.82) is 0 Å². The van der Waals surface area contributed by atoms with Crippen LogP contribution in [-0.4, -0.2) is 46.2 Å². The summed E-state index contributed by atoms with van der Waals surface area (Å²) in [5.41, 5.74) is -0.240. The standard InChI is InChI=1S/C22H28N2O3/c25-21(26)22(27-19-8-9-20-18(15-19)7-4-12-23-20)10-13-24(14-11-22)16-17-5-2-1-3-6-17/h4,7-9,12,15,17H,1-3,5-6,10-11,13-14,16H2,(H,25,26). The van der Waals surface area contributed by atoms with Crippen molar-refractivity contribution in [2.45, 2.75) is 50.5 Å². The number of likely N-dealkylation sites (tertiary alicyclic amines) is 1. The quantitative estimate of drug-likeness (QED) is 0.860. The van der Waals surface area contributed by atoms with E-state index in [-0.39, 0.29) is 0 Å². The van der Waals surface area contributed by atoms with Crippen LogP contribution in [0.2, 0.25) is 0 Å². The van der Waals surface area contributed by atoms with Crippen LogP contribution in [0.15, 0.2) is 36.5 Å². The first-order chi connectivity index (χ1) is 13.1. The summed E-state index contributed by atoms with van der Waals surface area (Å²) >= 11 is 0. The largest absolute Gasteiger partial charge is 0.478 e. The van der Waals surface area contributed by atoms with Crippen LogP contribution < -0.4 is 4.74 Å². The number of hydrogen-bond acceptors (Lipinski definition) is 4. The van der Waals surface area contributed by atoms with Crippen molar-refractivity contribution in [1.82, 2.24) is 9.88 Å². The Morgan fingerprint density at radius 2 is 1.96 bits per heavy atom. The number of rotatable bonds is 5. The second kappa shape index (κ2) is 7.85. The molecule has 1 aliphatic heterocycles. The van der Waals surface area contributed by atoms with E-state index in [1.54, 1.807) is 6.20 Å². The van der Waals surface area contributed by atoms with Crippen LogP contribution in [0.3, 0.4) is 0 Å². The monoisotopic (exact) mass is 368 g/mol. The molecule has 2 heterocycles. The van der Waals surface area contributed by atoms with Gasteiger partial charge in [0.2, 0.25) is 5.60 Å². The molecule has 1 aromatic carbocycles. The molecule has 5 nitrogen and oxygen atoms in total. The summed E-state index contributed by atoms with van der Waals surface area (Å²) < 4.78 is 6.10. The molecule has 0 spiro atoms. The number of hydrogen-bond donors (Lipinski definition) is 1. The number of carboxylic acids is 1. The minimum Gasteiger partial charge on any atom is -0.478 e. The fraction of sp³-hybridized carbons (Fsp3) is 0.545. The zero-order valence-corrected chi connectivity index (χ0v) is 15.8. The van der Waals surface area contributed by atoms with E-state index < -0.39 is 11.6 Å². The van der Waals surface area contributed by atoms with Gasteiger partial charge in [-0.3, -0.25) is 4.98 Å². The van der Waals surface area contributed by atoms with Gasteiger partial charge in [-0.2, -0.15) is 0 Å². The topological polar surface area (TPSA) is 62.7 Å². The molecule has 4 rings (SSSR count). The molecule has 0 unspecified atom stereocenters. The molecule has 1 aromatic heterocycles. The molecule has 144 valence electrons. The number of benzene rings is 1. The van der Waals surface area contributed by atoms with E-state index in [0.717, 1.165) is 36.5 Å². The van der Waals surface area contributed by atoms with Gasteiger partial charge in [0, 0.05) is 44.1 Å². The predicted molar refractivity (Wildman–Crippen MR) is 105 cm³/mol. The first-order valence-electron chi connectivity index (χ1n) is 10.1. The molecule has 0 amide bonds. The Hall–Kier alpha value is -2.14. The Bertz CT molecular complexity index is 793. The van der Waals surface area contributed by atoms with E-state index in [1.807, 2.05) is 30.3 Å². The molecule has 2 aromatic rings. The van der Waals surface area contributed by atoms with Crippen LogP contribution >= 0.6 is 0 Å². The molecular formula is C22H28N2O3. The van der Waals surface area contributed by atoms with E-state index in [0.29, 0.717) is 18.6 Å². The second-order valence-electron chi connectivity index (χ2n) is 8.06. The number of ether oxygens (including phenoxy) is 1. The second-order valence-corrected chi connectivity index (χ2v) is 8.06. The third-order valence-electron chi connectivity index (χ3n) is 6.18. The SMILES string of the molecule is O=C(O)C1(Oc2ccc3ncccc3c2)CCN(CC2CCCCC2)CC1. The third kappa shape index (κ3) is 4.08. The number of nitrogens with zero attached hydrogens (tertiary/aromatic N) is 2. The summed E-state index contributed by atoms with van der Waals surface area (Å²) in [5, 5.41) is 10.9. The first-order valence-corrected chi connectivity index (χ1v) is 10.1. The minimum absolute atomic E-state index is 0.528. The van der Waals surface area contributed by atoms with E-state index in [1.165, 1.54) is 32.1 Å². The molecule has 0 atom stereocenters. The molecule has 5 heteroatoms. The van der Waals surface area contributed by atoms with Crippen molar-refractivity contribution in [3.63, 3.8) is 0 Å². The van der Waals surface area contributed by atoms with E-state index in [9.17, 15) is 9.90 Å². The molecule has 0 bridgehead atoms. The molecule has 2 fully saturated rings. The highest BCUT2D eigenvalue weighted by molar-refractivity contribution is 5.81. The molecule has 27 heavy (non-hydrogen) atoms. The van der Waals surface area contributed by atoms with Gasteiger partial charge < -0.3 is 14.7 Å². The fourth-order valence-electron chi connectivity index (χ4n) is 4.53. The minimum atomic E-state index is -1.13. The van der Waals surface area contributed by atoms with Crippen LogP contribution in [0.4, 0.5) is 0 Å². The third-order valence-corrected chi connectivity index (χ3v) is 6.18. The van der Waals surface area contributed by atoms with Gasteiger partial charge >= 0.3 is 5.97 Å². The van der Waals surface area contributed by atoms with Gasteiger partial charge in [-0.25, -0.2) is 4.79 Å². The van der Waals surface area contributed by atoms with Gasteiger partial charge in [-0.05, 0) is 43.0 Å². The Kier molecular flexibility index (Phi) is 5.30. The van der Waals surface area contributed by atoms with Crippen LogP contribution in [-0.2, 0) is 4.79 Å². The average molecular weight is 368 g/mol. The van der Waals surface area contributed by atoms with E-state index in [2.05, 4.69) is 9.88 Å². The van der Waals surface area contributed by atoms with Gasteiger partial charge in [0.15, 0.2) is 0 Å². The number of pyridine rings is 1. The van der Waals surface area contributed by atoms with Gasteiger partial charge in [-0.1, -0.05) is 25.3 Å². The normalized spacial score (nSPS) is 21.2. The lowest BCUT2D eigenvalue weighted by Crippen LogP contribution is -2.53. The average Bonchev–Trinajstić information content (AvgIpc) is 2.70. The maximum atomic E-state index is 12.1. The van der Waals surface area contributed by atoms with Crippen molar-refractivity contribution >= 4 is 16.9 Å². The molecular weight excluding hydrogens is 340 g/mol. The van der Waals surface area contributed by atoms with Crippen LogP contribution in [0.1, 0.15) is 44.9 Å². The summed E-state index contributed by atoms with van der Waals surface area (Å²) in [6.45, 7) is 2.69. The Labute approximate surface area is 160 Å². The summed E-state index contributed by atoms with van der Waals surface area (Å²) in [4.78, 5) is 18.8. The molecule has 2 aliphatic rings. The van der Waals surface area contributed by atoms with Crippen molar-refractivity contribution in [2.24, 2.45) is 5.92 Å². The van der Waals surface area contributed by atoms with Crippen molar-refractivity contribution in [3.8, 4) is 5.75 Å². The fourth-order valence-corrected chi connectivity index (χ4v) is 4.53. The number of aliphatic carboxylic acids is 1.